The number of aryl methyl sites for hydroxylation is 1. The van der Waals surface area contributed by atoms with Crippen LogP contribution >= 0.6 is 11.6 Å². The van der Waals surface area contributed by atoms with Crippen LogP contribution in [0.4, 0.5) is 20.5 Å². The van der Waals surface area contributed by atoms with Crippen molar-refractivity contribution in [3.05, 3.63) is 153 Å². The van der Waals surface area contributed by atoms with E-state index in [-0.39, 0.29) is 58.1 Å². The van der Waals surface area contributed by atoms with Gasteiger partial charge in [-0.15, -0.1) is 0 Å². The number of ketones is 2. The van der Waals surface area contributed by atoms with Gasteiger partial charge in [-0.1, -0.05) is 99.1 Å². The Morgan fingerprint density at radius 1 is 0.974 bits per heavy atom. The zero-order valence-electron chi connectivity index (χ0n) is 44.5. The van der Waals surface area contributed by atoms with Crippen molar-refractivity contribution in [1.29, 1.82) is 5.26 Å². The average molecular weight is 1060 g/mol. The number of methoxy groups -OCH3 is 1. The molecule has 76 heavy (non-hydrogen) atoms. The van der Waals surface area contributed by atoms with Gasteiger partial charge in [0.2, 0.25) is 5.95 Å². The smallest absolute Gasteiger partial charge is 0.223 e. The van der Waals surface area contributed by atoms with Crippen LogP contribution < -0.4 is 20.3 Å². The average Bonchev–Trinajstić information content (AvgIpc) is 4.03. The minimum atomic E-state index is -1.70. The highest BCUT2D eigenvalue weighted by molar-refractivity contribution is 6.30. The fraction of sp³-hybridized carbons (Fsp3) is 0.433. The second-order valence-electron chi connectivity index (χ2n) is 21.5. The van der Waals surface area contributed by atoms with Crippen molar-refractivity contribution in [2.75, 3.05) is 51.2 Å². The Kier molecular flexibility index (Phi) is 18.0. The molecule has 1 saturated carbocycles. The van der Waals surface area contributed by atoms with E-state index < -0.39 is 35.1 Å². The first kappa shape index (κ1) is 55.7. The summed E-state index contributed by atoms with van der Waals surface area (Å²) >= 11 is 6.35. The fourth-order valence-electron chi connectivity index (χ4n) is 11.0. The quantitative estimate of drug-likeness (QED) is 0.0491. The predicted octanol–water partition coefficient (Wildman–Crippen LogP) is 11.3. The maximum Gasteiger partial charge on any atom is 0.223 e. The zero-order valence-corrected chi connectivity index (χ0v) is 45.3. The van der Waals surface area contributed by atoms with Gasteiger partial charge in [-0.2, -0.15) is 10.4 Å². The van der Waals surface area contributed by atoms with E-state index in [2.05, 4.69) is 38.7 Å². The van der Waals surface area contributed by atoms with Crippen LogP contribution in [0.25, 0.3) is 11.3 Å². The minimum absolute atomic E-state index is 0.0432. The summed E-state index contributed by atoms with van der Waals surface area (Å²) in [6.45, 7) is 9.65. The number of nitriles is 1. The van der Waals surface area contributed by atoms with Crippen molar-refractivity contribution >= 4 is 34.9 Å². The molecule has 2 fully saturated rings. The van der Waals surface area contributed by atoms with Gasteiger partial charge in [0, 0.05) is 74.4 Å². The van der Waals surface area contributed by atoms with Crippen molar-refractivity contribution in [1.82, 2.24) is 25.1 Å². The van der Waals surface area contributed by atoms with Gasteiger partial charge in [-0.05, 0) is 91.8 Å². The Morgan fingerprint density at radius 2 is 1.75 bits per heavy atom. The molecule has 16 heteroatoms. The summed E-state index contributed by atoms with van der Waals surface area (Å²) in [6, 6.07) is 27.1. The summed E-state index contributed by atoms with van der Waals surface area (Å²) < 4.78 is 52.2. The van der Waals surface area contributed by atoms with E-state index in [0.29, 0.717) is 67.6 Å². The van der Waals surface area contributed by atoms with E-state index in [0.717, 1.165) is 42.8 Å². The number of nitrogens with one attached hydrogen (secondary N) is 2. The van der Waals surface area contributed by atoms with E-state index >= 15 is 8.78 Å². The number of rotatable bonds is 22. The lowest BCUT2D eigenvalue weighted by atomic mass is 9.62. The normalized spacial score (nSPS) is 20.5. The molecule has 1 saturated heterocycles. The Morgan fingerprint density at radius 3 is 2.46 bits per heavy atom. The molecule has 8 rings (SSSR count). The Labute approximate surface area is 450 Å². The lowest BCUT2D eigenvalue weighted by Crippen LogP contribution is -2.44. The molecule has 400 valence electrons. The first-order valence-corrected chi connectivity index (χ1v) is 26.5. The second-order valence-corrected chi connectivity index (χ2v) is 21.9. The number of hydrogen-bond acceptors (Lipinski definition) is 12. The van der Waals surface area contributed by atoms with Crippen LogP contribution in [0.15, 0.2) is 103 Å². The summed E-state index contributed by atoms with van der Waals surface area (Å²) in [5, 5.41) is 22.8. The van der Waals surface area contributed by atoms with Crippen molar-refractivity contribution in [2.45, 2.75) is 121 Å². The van der Waals surface area contributed by atoms with Crippen molar-refractivity contribution in [3.8, 4) is 23.1 Å². The molecule has 1 aliphatic carbocycles. The number of halogens is 3. The van der Waals surface area contributed by atoms with Gasteiger partial charge < -0.3 is 29.7 Å². The molecular weight excluding hydrogens is 986 g/mol. The Bertz CT molecular complexity index is 3020. The van der Waals surface area contributed by atoms with Crippen molar-refractivity contribution in [3.63, 3.8) is 0 Å². The first-order chi connectivity index (χ1) is 36.5. The van der Waals surface area contributed by atoms with Crippen LogP contribution in [0.5, 0.6) is 5.75 Å². The van der Waals surface area contributed by atoms with Gasteiger partial charge in [0.05, 0.1) is 67.6 Å². The molecular formula is C60H69ClF2N8O5. The molecule has 0 bridgehead atoms. The molecule has 1 unspecified atom stereocenters. The maximum absolute atomic E-state index is 16.2. The van der Waals surface area contributed by atoms with Gasteiger partial charge in [0.15, 0.2) is 11.6 Å². The third-order valence-corrected chi connectivity index (χ3v) is 14.9. The van der Waals surface area contributed by atoms with Crippen LogP contribution in [-0.4, -0.2) is 96.6 Å². The van der Waals surface area contributed by atoms with Crippen LogP contribution in [0.2, 0.25) is 5.02 Å². The highest BCUT2D eigenvalue weighted by Gasteiger charge is 2.61. The third-order valence-electron chi connectivity index (χ3n) is 14.6. The minimum Gasteiger partial charge on any atom is -0.496 e. The highest BCUT2D eigenvalue weighted by atomic mass is 35.5. The van der Waals surface area contributed by atoms with E-state index in [9.17, 15) is 14.9 Å². The SMILES string of the molecule is COc1cc(C(=O)CCCOCCOC2CCC(Nc3nccc(-c4cnn(Cc5ccccc5)c4N(C)C)n3)CC2)ccc1CC(=O)C1N[C@@H](CC(C)(C)C)[C@](C#N)(c2ccc(C)cc2F)[C@H]1c1cccc(Cl)c1F. The van der Waals surface area contributed by atoms with Crippen LogP contribution in [0.1, 0.15) is 110 Å². The number of Topliss-reactive ketones (excluding diaryl/α,β-unsaturated/α-hetero) is 2. The van der Waals surface area contributed by atoms with E-state index in [1.54, 1.807) is 49.5 Å². The number of aromatic nitrogens is 4. The maximum atomic E-state index is 16.2. The summed E-state index contributed by atoms with van der Waals surface area (Å²) in [5.41, 5.74) is 2.55. The fourth-order valence-corrected chi connectivity index (χ4v) is 11.2. The van der Waals surface area contributed by atoms with Crippen LogP contribution in [0, 0.1) is 35.3 Å². The van der Waals surface area contributed by atoms with E-state index in [1.807, 2.05) is 70.0 Å². The number of carbonyl (C=O) groups excluding carboxylic acids is 2. The summed E-state index contributed by atoms with van der Waals surface area (Å²) in [6.07, 6.45) is 8.35. The molecule has 6 aromatic rings. The molecule has 3 heterocycles. The molecule has 13 nitrogen and oxygen atoms in total. The highest BCUT2D eigenvalue weighted by Crippen LogP contribution is 2.53. The molecule has 2 aliphatic rings. The molecule has 0 amide bonds. The number of benzene rings is 4. The number of ether oxygens (including phenoxy) is 3. The molecule has 2 aromatic heterocycles. The van der Waals surface area contributed by atoms with Gasteiger partial charge in [0.25, 0.3) is 0 Å². The van der Waals surface area contributed by atoms with Gasteiger partial charge in [0.1, 0.15) is 28.6 Å². The zero-order chi connectivity index (χ0) is 54.1. The molecule has 4 aromatic carbocycles. The number of anilines is 2. The number of carbonyl (C=O) groups is 2. The van der Waals surface area contributed by atoms with Crippen LogP contribution in [-0.2, 0) is 32.6 Å². The lowest BCUT2D eigenvalue weighted by Gasteiger charge is -2.37. The second kappa shape index (κ2) is 24.6. The van der Waals surface area contributed by atoms with Crippen molar-refractivity contribution < 1.29 is 32.6 Å². The monoisotopic (exact) mass is 1050 g/mol. The van der Waals surface area contributed by atoms with Crippen molar-refractivity contribution in [2.24, 2.45) is 5.41 Å². The molecule has 0 radical (unpaired) electrons. The third kappa shape index (κ3) is 12.8. The predicted molar refractivity (Wildman–Crippen MR) is 292 cm³/mol. The van der Waals surface area contributed by atoms with E-state index in [4.69, 9.17) is 35.9 Å². The molecule has 1 aliphatic heterocycles. The number of hydrogen-bond donors (Lipinski definition) is 2. The summed E-state index contributed by atoms with van der Waals surface area (Å²) in [4.78, 5) is 39.6. The van der Waals surface area contributed by atoms with Crippen LogP contribution in [0.3, 0.4) is 0 Å². The molecule has 2 N–H and O–H groups in total. The topological polar surface area (TPSA) is 157 Å². The van der Waals surface area contributed by atoms with Gasteiger partial charge >= 0.3 is 0 Å². The standard InChI is InChI=1S/C60H69ClF2N8O5/c1-38-18-25-46(48(62)31-38)60(37-64)53(34-59(2,3)4)69-56(54(60)44-15-11-16-47(61)55(44)63)51(73)32-41-20-19-40(33-52(41)74-7)50(72)17-12-28-75-29-30-76-43-23-21-42(22-24-43)67-58-65-27-26-49(68-58)45-35-66-71(57(45)70(5)6)36-39-13-9-8-10-14-39/h8-11,13-16,18-20,25-27,31,33,35,42-43,53-54,56,69H,12,17,21-24,28-30,32,34,36H2,1-7H3,(H,65,67,68)/t42?,43?,53-,54-,56?,60-/m0/s1. The molecule has 0 spiro atoms. The summed E-state index contributed by atoms with van der Waals surface area (Å²) in [7, 11) is 5.49. The Balaban J connectivity index is 0.811. The molecule has 4 atom stereocenters. The Hall–Kier alpha value is -6.57. The first-order valence-electron chi connectivity index (χ1n) is 26.2. The summed E-state index contributed by atoms with van der Waals surface area (Å²) in [5.74, 6) is -1.10. The van der Waals surface area contributed by atoms with E-state index in [1.165, 1.54) is 30.9 Å². The largest absolute Gasteiger partial charge is 0.496 e. The van der Waals surface area contributed by atoms with Gasteiger partial charge in [-0.3, -0.25) is 9.59 Å². The van der Waals surface area contributed by atoms with Gasteiger partial charge in [-0.25, -0.2) is 23.4 Å². The lowest BCUT2D eigenvalue weighted by molar-refractivity contribution is -0.120. The number of nitrogens with zero attached hydrogens (tertiary/aromatic N) is 6.